The first kappa shape index (κ1) is 17.9. The van der Waals surface area contributed by atoms with Crippen LogP contribution in [-0.2, 0) is 14.8 Å². The van der Waals surface area contributed by atoms with Crippen LogP contribution in [0.2, 0.25) is 0 Å². The molecule has 3 rings (SSSR count). The molecule has 0 saturated carbocycles. The summed E-state index contributed by atoms with van der Waals surface area (Å²) in [4.78, 5) is 17.0. The van der Waals surface area contributed by atoms with Gasteiger partial charge >= 0.3 is 0 Å². The highest BCUT2D eigenvalue weighted by molar-refractivity contribution is 7.99. The molecule has 132 valence electrons. The second kappa shape index (κ2) is 7.99. The number of amides is 1. The Morgan fingerprint density at radius 2 is 2.12 bits per heavy atom. The van der Waals surface area contributed by atoms with Gasteiger partial charge in [0.05, 0.1) is 11.7 Å². The number of pyridine rings is 1. The third-order valence-corrected chi connectivity index (χ3v) is 6.27. The van der Waals surface area contributed by atoms with Crippen molar-refractivity contribution in [2.75, 3.05) is 12.4 Å². The van der Waals surface area contributed by atoms with Gasteiger partial charge in [0.2, 0.25) is 0 Å². The van der Waals surface area contributed by atoms with Gasteiger partial charge in [-0.2, -0.15) is 0 Å². The Hall–Kier alpha value is -1.90. The van der Waals surface area contributed by atoms with Crippen molar-refractivity contribution in [3.63, 3.8) is 0 Å². The van der Waals surface area contributed by atoms with E-state index >= 15 is 0 Å². The fourth-order valence-electron chi connectivity index (χ4n) is 2.48. The molecule has 2 heterocycles. The largest absolute Gasteiger partial charge is 0.377 e. The van der Waals surface area contributed by atoms with E-state index in [0.717, 1.165) is 30.1 Å². The maximum Gasteiger partial charge on any atom is 0.266 e. The van der Waals surface area contributed by atoms with Gasteiger partial charge in [-0.25, -0.2) is 13.1 Å². The number of carbonyl (C=O) groups is 1. The topological polar surface area (TPSA) is 85.4 Å². The van der Waals surface area contributed by atoms with Gasteiger partial charge in [-0.05, 0) is 37.1 Å². The van der Waals surface area contributed by atoms with Gasteiger partial charge in [-0.1, -0.05) is 12.1 Å². The summed E-state index contributed by atoms with van der Waals surface area (Å²) in [5.74, 6) is 0.0823. The number of aromatic nitrogens is 1. The van der Waals surface area contributed by atoms with E-state index in [-0.39, 0.29) is 11.0 Å². The van der Waals surface area contributed by atoms with Crippen LogP contribution in [0.5, 0.6) is 0 Å². The van der Waals surface area contributed by atoms with Crippen LogP contribution in [0.15, 0.2) is 58.6 Å². The molecule has 2 aromatic rings. The monoisotopic (exact) mass is 378 g/mol. The predicted molar refractivity (Wildman–Crippen MR) is 95.0 cm³/mol. The van der Waals surface area contributed by atoms with Crippen LogP contribution in [0.4, 0.5) is 0 Å². The number of nitrogens with zero attached hydrogens (tertiary/aromatic N) is 1. The maximum absolute atomic E-state index is 12.5. The highest BCUT2D eigenvalue weighted by Gasteiger charge is 2.22. The lowest BCUT2D eigenvalue weighted by Crippen LogP contribution is -2.31. The fourth-order valence-corrected chi connectivity index (χ4v) is 4.53. The summed E-state index contributed by atoms with van der Waals surface area (Å²) < 4.78 is 32.3. The Labute approximate surface area is 151 Å². The number of hydrogen-bond donors (Lipinski definition) is 1. The molecule has 1 aliphatic heterocycles. The average Bonchev–Trinajstić information content (AvgIpc) is 3.14. The number of rotatable bonds is 6. The molecule has 1 aromatic heterocycles. The van der Waals surface area contributed by atoms with E-state index in [1.54, 1.807) is 12.1 Å². The molecule has 0 spiro atoms. The van der Waals surface area contributed by atoms with Crippen molar-refractivity contribution in [2.45, 2.75) is 28.7 Å². The van der Waals surface area contributed by atoms with Gasteiger partial charge in [-0.15, -0.1) is 11.8 Å². The second-order valence-corrected chi connectivity index (χ2v) is 8.31. The molecular weight excluding hydrogens is 360 g/mol. The standard InChI is InChI=1S/C17H18N2O4S2/c20-17(19-25(21,22)14-6-3-9-18-11-14)15-7-1-2-8-16(15)24-12-13-5-4-10-23-13/h1-3,6-9,11,13H,4-5,10,12H2,(H,19,20)/t13-/m0/s1. The van der Waals surface area contributed by atoms with Crippen molar-refractivity contribution in [2.24, 2.45) is 0 Å². The van der Waals surface area contributed by atoms with Crippen molar-refractivity contribution >= 4 is 27.7 Å². The zero-order valence-electron chi connectivity index (χ0n) is 13.4. The number of carbonyl (C=O) groups excluding carboxylic acids is 1. The molecule has 1 amide bonds. The molecule has 0 bridgehead atoms. The van der Waals surface area contributed by atoms with Crippen molar-refractivity contribution < 1.29 is 17.9 Å². The van der Waals surface area contributed by atoms with Gasteiger partial charge in [0, 0.05) is 29.6 Å². The van der Waals surface area contributed by atoms with E-state index in [4.69, 9.17) is 4.74 Å². The van der Waals surface area contributed by atoms with Crippen molar-refractivity contribution in [3.05, 3.63) is 54.4 Å². The Kier molecular flexibility index (Phi) is 5.72. The summed E-state index contributed by atoms with van der Waals surface area (Å²) in [6.45, 7) is 0.775. The van der Waals surface area contributed by atoms with Gasteiger partial charge < -0.3 is 4.74 Å². The Morgan fingerprint density at radius 3 is 2.84 bits per heavy atom. The molecule has 1 aromatic carbocycles. The minimum absolute atomic E-state index is 0.0483. The fraction of sp³-hybridized carbons (Fsp3) is 0.294. The van der Waals surface area contributed by atoms with Crippen LogP contribution in [0, 0.1) is 0 Å². The van der Waals surface area contributed by atoms with E-state index in [1.165, 1.54) is 36.3 Å². The lowest BCUT2D eigenvalue weighted by molar-refractivity contribution is 0.0978. The summed E-state index contributed by atoms with van der Waals surface area (Å²) >= 11 is 1.50. The number of benzene rings is 1. The first-order valence-electron chi connectivity index (χ1n) is 7.87. The van der Waals surface area contributed by atoms with Crippen molar-refractivity contribution in [3.8, 4) is 0 Å². The lowest BCUT2D eigenvalue weighted by Gasteiger charge is -2.12. The molecule has 0 aliphatic carbocycles. The molecule has 1 fully saturated rings. The molecule has 1 aliphatic rings. The molecule has 1 saturated heterocycles. The minimum atomic E-state index is -3.95. The highest BCUT2D eigenvalue weighted by atomic mass is 32.2. The minimum Gasteiger partial charge on any atom is -0.377 e. The van der Waals surface area contributed by atoms with Crippen LogP contribution >= 0.6 is 11.8 Å². The van der Waals surface area contributed by atoms with Gasteiger partial charge in [-0.3, -0.25) is 9.78 Å². The summed E-state index contributed by atoms with van der Waals surface area (Å²) in [6, 6.07) is 9.86. The molecule has 6 nitrogen and oxygen atoms in total. The van der Waals surface area contributed by atoms with Crippen LogP contribution in [0.25, 0.3) is 0 Å². The molecule has 25 heavy (non-hydrogen) atoms. The van der Waals surface area contributed by atoms with Crippen LogP contribution < -0.4 is 4.72 Å². The van der Waals surface area contributed by atoms with E-state index in [1.807, 2.05) is 12.1 Å². The third-order valence-electron chi connectivity index (χ3n) is 3.75. The zero-order valence-corrected chi connectivity index (χ0v) is 15.1. The average molecular weight is 378 g/mol. The normalized spacial score (nSPS) is 17.4. The summed E-state index contributed by atoms with van der Waals surface area (Å²) in [7, 11) is -3.95. The molecular formula is C17H18N2O4S2. The van der Waals surface area contributed by atoms with Crippen LogP contribution in [-0.4, -0.2) is 37.8 Å². The van der Waals surface area contributed by atoms with E-state index in [0.29, 0.717) is 5.56 Å². The number of nitrogens with one attached hydrogen (secondary N) is 1. The summed E-state index contributed by atoms with van der Waals surface area (Å²) in [5, 5.41) is 0. The van der Waals surface area contributed by atoms with E-state index in [9.17, 15) is 13.2 Å². The zero-order chi connectivity index (χ0) is 17.7. The third kappa shape index (κ3) is 4.59. The van der Waals surface area contributed by atoms with Crippen LogP contribution in [0.1, 0.15) is 23.2 Å². The van der Waals surface area contributed by atoms with Crippen molar-refractivity contribution in [1.29, 1.82) is 0 Å². The summed E-state index contributed by atoms with van der Waals surface area (Å²) in [5.41, 5.74) is 0.331. The number of sulfonamides is 1. The van der Waals surface area contributed by atoms with Crippen LogP contribution in [0.3, 0.4) is 0 Å². The molecule has 0 radical (unpaired) electrons. The van der Waals surface area contributed by atoms with Gasteiger partial charge in [0.1, 0.15) is 4.90 Å². The van der Waals surface area contributed by atoms with E-state index in [2.05, 4.69) is 9.71 Å². The number of thioether (sulfide) groups is 1. The number of ether oxygens (including phenoxy) is 1. The lowest BCUT2D eigenvalue weighted by atomic mass is 10.2. The predicted octanol–water partition coefficient (Wildman–Crippen LogP) is 2.47. The van der Waals surface area contributed by atoms with E-state index < -0.39 is 15.9 Å². The Balaban J connectivity index is 1.73. The second-order valence-electron chi connectivity index (χ2n) is 5.57. The summed E-state index contributed by atoms with van der Waals surface area (Å²) in [6.07, 6.45) is 4.92. The smallest absolute Gasteiger partial charge is 0.266 e. The Morgan fingerprint density at radius 1 is 1.28 bits per heavy atom. The molecule has 0 unspecified atom stereocenters. The molecule has 8 heteroatoms. The molecule has 1 atom stereocenters. The SMILES string of the molecule is O=C(NS(=O)(=O)c1cccnc1)c1ccccc1SC[C@@H]1CCCO1. The first-order valence-corrected chi connectivity index (χ1v) is 10.3. The Bertz CT molecular complexity index is 835. The maximum atomic E-state index is 12.5. The van der Waals surface area contributed by atoms with Gasteiger partial charge in [0.25, 0.3) is 15.9 Å². The highest BCUT2D eigenvalue weighted by Crippen LogP contribution is 2.27. The van der Waals surface area contributed by atoms with Gasteiger partial charge in [0.15, 0.2) is 0 Å². The quantitative estimate of drug-likeness (QED) is 0.777. The van der Waals surface area contributed by atoms with Crippen molar-refractivity contribution in [1.82, 2.24) is 9.71 Å². The number of hydrogen-bond acceptors (Lipinski definition) is 6. The first-order chi connectivity index (χ1) is 12.1. The molecule has 1 N–H and O–H groups in total.